The molecule has 0 saturated carbocycles. The Morgan fingerprint density at radius 3 is 2.77 bits per heavy atom. The number of ether oxygens (including phenoxy) is 1. The molecule has 1 N–H and O–H groups in total. The predicted molar refractivity (Wildman–Crippen MR) is 89.9 cm³/mol. The van der Waals surface area contributed by atoms with E-state index in [4.69, 9.17) is 0 Å². The van der Waals surface area contributed by atoms with Crippen molar-refractivity contribution in [3.8, 4) is 11.6 Å². The van der Waals surface area contributed by atoms with Gasteiger partial charge in [-0.05, 0) is 24.3 Å². The smallest absolute Gasteiger partial charge is 0.387 e. The van der Waals surface area contributed by atoms with E-state index in [1.54, 1.807) is 30.3 Å². The number of rotatable bonds is 6. The van der Waals surface area contributed by atoms with Gasteiger partial charge in [0.15, 0.2) is 5.82 Å². The normalized spacial score (nSPS) is 11.0. The maximum atomic E-state index is 12.4. The number of anilines is 1. The molecule has 0 bridgehead atoms. The van der Waals surface area contributed by atoms with Gasteiger partial charge in [-0.25, -0.2) is 14.6 Å². The second-order valence-corrected chi connectivity index (χ2v) is 4.98. The fourth-order valence-corrected chi connectivity index (χ4v) is 2.09. The molecule has 1 amide bonds. The van der Waals surface area contributed by atoms with Crippen LogP contribution < -0.4 is 10.1 Å². The van der Waals surface area contributed by atoms with Crippen LogP contribution in [0.5, 0.6) is 5.75 Å². The molecule has 0 saturated heterocycles. The van der Waals surface area contributed by atoms with Gasteiger partial charge in [-0.15, -0.1) is 0 Å². The van der Waals surface area contributed by atoms with Gasteiger partial charge in [0, 0.05) is 11.6 Å². The van der Waals surface area contributed by atoms with Crippen LogP contribution in [0.2, 0.25) is 0 Å². The number of carbonyl (C=O) groups excluding carboxylic acids is 1. The number of benzene rings is 1. The molecular weight excluding hydrogens is 344 g/mol. The minimum absolute atomic E-state index is 0.00889. The van der Waals surface area contributed by atoms with Gasteiger partial charge in [-0.1, -0.05) is 18.2 Å². The van der Waals surface area contributed by atoms with Crippen molar-refractivity contribution in [3.63, 3.8) is 0 Å². The number of nitrogens with one attached hydrogen (secondary N) is 1. The summed E-state index contributed by atoms with van der Waals surface area (Å²) in [7, 11) is 0. The first-order chi connectivity index (χ1) is 12.6. The molecular formula is C17H13F2N5O2. The maximum absolute atomic E-state index is 12.4. The van der Waals surface area contributed by atoms with E-state index in [0.717, 1.165) is 0 Å². The van der Waals surface area contributed by atoms with Crippen molar-refractivity contribution in [2.45, 2.75) is 6.61 Å². The third-order valence-corrected chi connectivity index (χ3v) is 3.22. The molecule has 9 heteroatoms. The Morgan fingerprint density at radius 1 is 1.23 bits per heavy atom. The summed E-state index contributed by atoms with van der Waals surface area (Å²) >= 11 is 0. The van der Waals surface area contributed by atoms with Crippen molar-refractivity contribution in [3.05, 3.63) is 66.9 Å². The Kier molecular flexibility index (Phi) is 5.28. The minimum atomic E-state index is -2.94. The lowest BCUT2D eigenvalue weighted by Gasteiger charge is -2.07. The summed E-state index contributed by atoms with van der Waals surface area (Å²) in [6.45, 7) is -2.94. The maximum Gasteiger partial charge on any atom is 0.387 e. The third kappa shape index (κ3) is 4.47. The number of pyridine rings is 1. The first kappa shape index (κ1) is 17.2. The average molecular weight is 357 g/mol. The first-order valence-electron chi connectivity index (χ1n) is 7.46. The summed E-state index contributed by atoms with van der Waals surface area (Å²) in [6, 6.07) is 9.51. The fraction of sp³-hybridized carbons (Fsp3) is 0.0588. The molecule has 26 heavy (non-hydrogen) atoms. The number of aromatic nitrogens is 4. The second-order valence-electron chi connectivity index (χ2n) is 4.98. The van der Waals surface area contributed by atoms with Gasteiger partial charge in [-0.3, -0.25) is 4.79 Å². The molecule has 132 valence electrons. The van der Waals surface area contributed by atoms with Gasteiger partial charge >= 0.3 is 6.61 Å². The van der Waals surface area contributed by atoms with Gasteiger partial charge in [-0.2, -0.15) is 13.9 Å². The molecule has 0 fully saturated rings. The molecule has 7 nitrogen and oxygen atoms in total. The Morgan fingerprint density at radius 2 is 2.08 bits per heavy atom. The van der Waals surface area contributed by atoms with E-state index >= 15 is 0 Å². The molecule has 2 heterocycles. The van der Waals surface area contributed by atoms with Gasteiger partial charge in [0.1, 0.15) is 18.4 Å². The molecule has 3 aromatic rings. The zero-order valence-corrected chi connectivity index (χ0v) is 13.3. The summed E-state index contributed by atoms with van der Waals surface area (Å²) in [6.07, 6.45) is 6.97. The Bertz CT molecular complexity index is 896. The van der Waals surface area contributed by atoms with Crippen molar-refractivity contribution in [2.75, 3.05) is 5.32 Å². The first-order valence-corrected chi connectivity index (χ1v) is 7.46. The number of carbonyl (C=O) groups is 1. The molecule has 0 unspecified atom stereocenters. The zero-order valence-electron chi connectivity index (χ0n) is 13.3. The van der Waals surface area contributed by atoms with Crippen LogP contribution in [0.15, 0.2) is 61.3 Å². The van der Waals surface area contributed by atoms with Crippen molar-refractivity contribution in [2.24, 2.45) is 0 Å². The highest BCUT2D eigenvalue weighted by Gasteiger charge is 2.07. The Balaban J connectivity index is 1.65. The molecule has 3 rings (SSSR count). The lowest BCUT2D eigenvalue weighted by atomic mass is 10.2. The van der Waals surface area contributed by atoms with E-state index < -0.39 is 12.5 Å². The molecule has 0 radical (unpaired) electrons. The number of para-hydroxylation sites is 1. The molecule has 0 aliphatic rings. The van der Waals surface area contributed by atoms with Crippen molar-refractivity contribution < 1.29 is 18.3 Å². The van der Waals surface area contributed by atoms with E-state index in [0.29, 0.717) is 17.1 Å². The number of hydrogen-bond donors (Lipinski definition) is 1. The summed E-state index contributed by atoms with van der Waals surface area (Å²) in [5.74, 6) is 0.103. The minimum Gasteiger partial charge on any atom is -0.434 e. The molecule has 0 atom stereocenters. The van der Waals surface area contributed by atoms with Crippen LogP contribution in [0.3, 0.4) is 0 Å². The van der Waals surface area contributed by atoms with E-state index in [1.165, 1.54) is 41.8 Å². The number of alkyl halides is 2. The quantitative estimate of drug-likeness (QED) is 0.686. The molecule has 1 aromatic carbocycles. The topological polar surface area (TPSA) is 81.9 Å². The number of halogens is 2. The summed E-state index contributed by atoms with van der Waals surface area (Å²) in [5.41, 5.74) is 0.836. The molecule has 0 spiro atoms. The predicted octanol–water partition coefficient (Wildman–Crippen LogP) is 2.92. The van der Waals surface area contributed by atoms with Gasteiger partial charge < -0.3 is 10.1 Å². The van der Waals surface area contributed by atoms with E-state index in [-0.39, 0.29) is 5.75 Å². The van der Waals surface area contributed by atoms with Crippen LogP contribution >= 0.6 is 0 Å². The largest absolute Gasteiger partial charge is 0.434 e. The summed E-state index contributed by atoms with van der Waals surface area (Å²) in [5, 5.41) is 6.57. The van der Waals surface area contributed by atoms with E-state index in [9.17, 15) is 13.6 Å². The highest BCUT2D eigenvalue weighted by atomic mass is 19.3. The molecule has 2 aromatic heterocycles. The Labute approximate surface area is 147 Å². The van der Waals surface area contributed by atoms with Gasteiger partial charge in [0.25, 0.3) is 0 Å². The second kappa shape index (κ2) is 7.97. The standard InChI is InChI=1S/C17H13F2N5O2/c18-17(19)26-14-4-2-1-3-12(14)5-8-16(25)23-13-6-7-15(21-9-13)24-11-20-10-22-24/h1-11,17H,(H,23,25). The Hall–Kier alpha value is -3.62. The summed E-state index contributed by atoms with van der Waals surface area (Å²) in [4.78, 5) is 20.0. The third-order valence-electron chi connectivity index (χ3n) is 3.22. The zero-order chi connectivity index (χ0) is 18.4. The van der Waals surface area contributed by atoms with E-state index in [1.807, 2.05) is 0 Å². The molecule has 0 aliphatic carbocycles. The van der Waals surface area contributed by atoms with Crippen LogP contribution in [0.1, 0.15) is 5.56 Å². The summed E-state index contributed by atoms with van der Waals surface area (Å²) < 4.78 is 30.6. The number of amides is 1. The van der Waals surface area contributed by atoms with Crippen LogP contribution in [0, 0.1) is 0 Å². The average Bonchev–Trinajstić information content (AvgIpc) is 3.16. The monoisotopic (exact) mass is 357 g/mol. The van der Waals surface area contributed by atoms with Gasteiger partial charge in [0.05, 0.1) is 11.9 Å². The lowest BCUT2D eigenvalue weighted by molar-refractivity contribution is -0.111. The fourth-order valence-electron chi connectivity index (χ4n) is 2.09. The highest BCUT2D eigenvalue weighted by molar-refractivity contribution is 6.02. The van der Waals surface area contributed by atoms with Crippen LogP contribution in [0.4, 0.5) is 14.5 Å². The van der Waals surface area contributed by atoms with Crippen LogP contribution in [-0.2, 0) is 4.79 Å². The number of hydrogen-bond acceptors (Lipinski definition) is 5. The van der Waals surface area contributed by atoms with Gasteiger partial charge in [0.2, 0.25) is 5.91 Å². The van der Waals surface area contributed by atoms with Crippen LogP contribution in [0.25, 0.3) is 11.9 Å². The van der Waals surface area contributed by atoms with Crippen molar-refractivity contribution in [1.82, 2.24) is 19.7 Å². The molecule has 0 aliphatic heterocycles. The number of nitrogens with zero attached hydrogens (tertiary/aromatic N) is 4. The van der Waals surface area contributed by atoms with Crippen molar-refractivity contribution >= 4 is 17.7 Å². The van der Waals surface area contributed by atoms with Crippen LogP contribution in [-0.4, -0.2) is 32.3 Å². The highest BCUT2D eigenvalue weighted by Crippen LogP contribution is 2.21. The SMILES string of the molecule is O=C(C=Cc1ccccc1OC(F)F)Nc1ccc(-n2cncn2)nc1. The van der Waals surface area contributed by atoms with E-state index in [2.05, 4.69) is 25.1 Å². The van der Waals surface area contributed by atoms with Crippen molar-refractivity contribution in [1.29, 1.82) is 0 Å². The lowest BCUT2D eigenvalue weighted by Crippen LogP contribution is -2.09.